The fourth-order valence-electron chi connectivity index (χ4n) is 2.15. The highest BCUT2D eigenvalue weighted by molar-refractivity contribution is 5.63. The van der Waals surface area contributed by atoms with Crippen molar-refractivity contribution in [2.24, 2.45) is 5.73 Å². The van der Waals surface area contributed by atoms with Crippen LogP contribution in [0.5, 0.6) is 5.88 Å². The van der Waals surface area contributed by atoms with Crippen molar-refractivity contribution in [3.8, 4) is 17.2 Å². The lowest BCUT2D eigenvalue weighted by atomic mass is 10.0. The first-order valence-corrected chi connectivity index (χ1v) is 7.23. The van der Waals surface area contributed by atoms with Gasteiger partial charge in [-0.25, -0.2) is 0 Å². The molecule has 0 amide bonds. The van der Waals surface area contributed by atoms with Gasteiger partial charge in [0.25, 0.3) is 5.88 Å². The third-order valence-corrected chi connectivity index (χ3v) is 3.18. The van der Waals surface area contributed by atoms with Crippen molar-refractivity contribution in [1.82, 2.24) is 5.16 Å². The molecular weight excluding hydrogens is 252 g/mol. The van der Waals surface area contributed by atoms with Crippen molar-refractivity contribution in [2.45, 2.75) is 32.6 Å². The Labute approximate surface area is 119 Å². The van der Waals surface area contributed by atoms with Crippen molar-refractivity contribution in [2.75, 3.05) is 13.2 Å². The third-order valence-electron chi connectivity index (χ3n) is 3.18. The Balaban J connectivity index is 2.23. The molecule has 2 aromatic rings. The van der Waals surface area contributed by atoms with Gasteiger partial charge in [-0.15, -0.1) is 0 Å². The van der Waals surface area contributed by atoms with Gasteiger partial charge in [0.05, 0.1) is 5.56 Å². The summed E-state index contributed by atoms with van der Waals surface area (Å²) < 4.78 is 11.1. The summed E-state index contributed by atoms with van der Waals surface area (Å²) in [4.78, 5) is 0. The molecule has 2 N–H and O–H groups in total. The van der Waals surface area contributed by atoms with Gasteiger partial charge < -0.3 is 15.0 Å². The zero-order valence-corrected chi connectivity index (χ0v) is 12.0. The predicted molar refractivity (Wildman–Crippen MR) is 79.7 cm³/mol. The van der Waals surface area contributed by atoms with Crippen LogP contribution in [-0.2, 0) is 6.42 Å². The summed E-state index contributed by atoms with van der Waals surface area (Å²) >= 11 is 0. The van der Waals surface area contributed by atoms with Crippen molar-refractivity contribution in [3.63, 3.8) is 0 Å². The lowest BCUT2D eigenvalue weighted by Gasteiger charge is -2.05. The van der Waals surface area contributed by atoms with Crippen molar-refractivity contribution >= 4 is 0 Å². The fraction of sp³-hybridized carbons (Fsp3) is 0.438. The van der Waals surface area contributed by atoms with Crippen LogP contribution in [0, 0.1) is 0 Å². The SMILES string of the molecule is CCCCCc1c(OCCN)noc1-c1ccccc1. The summed E-state index contributed by atoms with van der Waals surface area (Å²) in [5.41, 5.74) is 7.57. The number of unbranched alkanes of at least 4 members (excludes halogenated alkanes) is 2. The maximum absolute atomic E-state index is 5.59. The van der Waals surface area contributed by atoms with E-state index in [2.05, 4.69) is 12.1 Å². The van der Waals surface area contributed by atoms with E-state index in [0.717, 1.165) is 29.7 Å². The number of nitrogens with two attached hydrogens (primary N) is 1. The highest BCUT2D eigenvalue weighted by Gasteiger charge is 2.18. The molecule has 0 aliphatic heterocycles. The van der Waals surface area contributed by atoms with Crippen LogP contribution in [0.4, 0.5) is 0 Å². The molecule has 1 aromatic carbocycles. The smallest absolute Gasteiger partial charge is 0.258 e. The molecule has 108 valence electrons. The average molecular weight is 274 g/mol. The molecule has 0 fully saturated rings. The molecule has 0 aliphatic rings. The van der Waals surface area contributed by atoms with Crippen molar-refractivity contribution < 1.29 is 9.26 Å². The summed E-state index contributed by atoms with van der Waals surface area (Å²) in [7, 11) is 0. The Morgan fingerprint density at radius 2 is 2.00 bits per heavy atom. The Bertz CT molecular complexity index is 508. The highest BCUT2D eigenvalue weighted by Crippen LogP contribution is 2.32. The Kier molecular flexibility index (Phi) is 5.62. The van der Waals surface area contributed by atoms with Gasteiger partial charge in [0, 0.05) is 12.1 Å². The zero-order chi connectivity index (χ0) is 14.2. The van der Waals surface area contributed by atoms with E-state index in [1.165, 1.54) is 12.8 Å². The van der Waals surface area contributed by atoms with Crippen LogP contribution in [-0.4, -0.2) is 18.3 Å². The van der Waals surface area contributed by atoms with Crippen LogP contribution < -0.4 is 10.5 Å². The van der Waals surface area contributed by atoms with Crippen molar-refractivity contribution in [3.05, 3.63) is 35.9 Å². The minimum absolute atomic E-state index is 0.460. The largest absolute Gasteiger partial charge is 0.474 e. The van der Waals surface area contributed by atoms with Crippen LogP contribution in [0.1, 0.15) is 31.7 Å². The second kappa shape index (κ2) is 7.70. The molecule has 0 unspecified atom stereocenters. The lowest BCUT2D eigenvalue weighted by molar-refractivity contribution is 0.287. The first-order valence-electron chi connectivity index (χ1n) is 7.23. The van der Waals surface area contributed by atoms with Gasteiger partial charge in [-0.05, 0) is 18.0 Å². The quantitative estimate of drug-likeness (QED) is 0.749. The monoisotopic (exact) mass is 274 g/mol. The van der Waals surface area contributed by atoms with Gasteiger partial charge >= 0.3 is 0 Å². The van der Waals surface area contributed by atoms with Gasteiger partial charge in [0.15, 0.2) is 5.76 Å². The van der Waals surface area contributed by atoms with E-state index in [9.17, 15) is 0 Å². The molecule has 0 saturated carbocycles. The summed E-state index contributed by atoms with van der Waals surface area (Å²) in [5, 5.41) is 4.06. The first kappa shape index (κ1) is 14.6. The topological polar surface area (TPSA) is 61.3 Å². The Morgan fingerprint density at radius 3 is 2.70 bits per heavy atom. The number of rotatable bonds is 8. The van der Waals surface area contributed by atoms with Crippen LogP contribution in [0.25, 0.3) is 11.3 Å². The molecule has 0 radical (unpaired) electrons. The maximum Gasteiger partial charge on any atom is 0.258 e. The van der Waals surface area contributed by atoms with E-state index in [0.29, 0.717) is 19.0 Å². The molecule has 1 heterocycles. The van der Waals surface area contributed by atoms with E-state index >= 15 is 0 Å². The molecule has 4 heteroatoms. The Hall–Kier alpha value is -1.81. The summed E-state index contributed by atoms with van der Waals surface area (Å²) in [6.45, 7) is 3.13. The second-order valence-corrected chi connectivity index (χ2v) is 4.76. The van der Waals surface area contributed by atoms with E-state index in [1.54, 1.807) is 0 Å². The number of hydrogen-bond donors (Lipinski definition) is 1. The summed E-state index contributed by atoms with van der Waals surface area (Å²) in [5.74, 6) is 1.40. The second-order valence-electron chi connectivity index (χ2n) is 4.76. The third kappa shape index (κ3) is 3.61. The molecule has 0 aliphatic carbocycles. The van der Waals surface area contributed by atoms with Crippen LogP contribution in [0.3, 0.4) is 0 Å². The van der Waals surface area contributed by atoms with E-state index in [4.69, 9.17) is 15.0 Å². The number of ether oxygens (including phenoxy) is 1. The van der Waals surface area contributed by atoms with Gasteiger partial charge in [-0.3, -0.25) is 0 Å². The number of benzene rings is 1. The standard InChI is InChI=1S/C16H22N2O2/c1-2-3-5-10-14-15(13-8-6-4-7-9-13)20-18-16(14)19-12-11-17/h4,6-9H,2-3,5,10-12,17H2,1H3. The molecule has 0 bridgehead atoms. The number of aromatic nitrogens is 1. The van der Waals surface area contributed by atoms with E-state index in [1.807, 2.05) is 30.3 Å². The lowest BCUT2D eigenvalue weighted by Crippen LogP contribution is -2.11. The van der Waals surface area contributed by atoms with Gasteiger partial charge in [-0.1, -0.05) is 50.1 Å². The zero-order valence-electron chi connectivity index (χ0n) is 12.0. The fourth-order valence-corrected chi connectivity index (χ4v) is 2.15. The number of hydrogen-bond acceptors (Lipinski definition) is 4. The molecule has 4 nitrogen and oxygen atoms in total. The maximum atomic E-state index is 5.59. The predicted octanol–water partition coefficient (Wildman–Crippen LogP) is 3.41. The molecule has 2 rings (SSSR count). The Morgan fingerprint density at radius 1 is 1.20 bits per heavy atom. The average Bonchev–Trinajstić information content (AvgIpc) is 2.89. The first-order chi connectivity index (χ1) is 9.86. The minimum Gasteiger partial charge on any atom is -0.474 e. The van der Waals surface area contributed by atoms with Gasteiger partial charge in [-0.2, -0.15) is 0 Å². The van der Waals surface area contributed by atoms with Gasteiger partial charge in [0.1, 0.15) is 6.61 Å². The molecule has 20 heavy (non-hydrogen) atoms. The van der Waals surface area contributed by atoms with E-state index < -0.39 is 0 Å². The summed E-state index contributed by atoms with van der Waals surface area (Å²) in [6.07, 6.45) is 4.40. The molecule has 0 saturated heterocycles. The minimum atomic E-state index is 0.460. The molecule has 0 atom stereocenters. The van der Waals surface area contributed by atoms with E-state index in [-0.39, 0.29) is 0 Å². The van der Waals surface area contributed by atoms with Crippen LogP contribution in [0.15, 0.2) is 34.9 Å². The molecule has 1 aromatic heterocycles. The highest BCUT2D eigenvalue weighted by atomic mass is 16.5. The van der Waals surface area contributed by atoms with Crippen LogP contribution >= 0.6 is 0 Å². The van der Waals surface area contributed by atoms with Gasteiger partial charge in [0.2, 0.25) is 0 Å². The molecular formula is C16H22N2O2. The van der Waals surface area contributed by atoms with Crippen molar-refractivity contribution in [1.29, 1.82) is 0 Å². The van der Waals surface area contributed by atoms with Crippen LogP contribution in [0.2, 0.25) is 0 Å². The number of nitrogens with zero attached hydrogens (tertiary/aromatic N) is 1. The molecule has 0 spiro atoms. The summed E-state index contributed by atoms with van der Waals surface area (Å²) in [6, 6.07) is 10.0. The normalized spacial score (nSPS) is 10.7.